The molecular formula is C25H32N4O2. The minimum absolute atomic E-state index is 0.116. The van der Waals surface area contributed by atoms with Crippen LogP contribution < -0.4 is 15.3 Å². The molecule has 0 radical (unpaired) electrons. The SMILES string of the molecule is CCCCN(CC)c1cc(N2CCN(C)CC2)c2c3c1C(=O)c1ccccc1C3ON2. The van der Waals surface area contributed by atoms with Crippen LogP contribution in [0.1, 0.15) is 59.8 Å². The Hall–Kier alpha value is -2.57. The first kappa shape index (κ1) is 20.3. The number of benzene rings is 2. The van der Waals surface area contributed by atoms with Gasteiger partial charge in [0.2, 0.25) is 0 Å². The van der Waals surface area contributed by atoms with Crippen LogP contribution >= 0.6 is 0 Å². The van der Waals surface area contributed by atoms with E-state index in [2.05, 4.69) is 47.1 Å². The summed E-state index contributed by atoms with van der Waals surface area (Å²) >= 11 is 0. The van der Waals surface area contributed by atoms with Crippen molar-refractivity contribution >= 4 is 22.8 Å². The Kier molecular flexibility index (Phi) is 5.36. The Morgan fingerprint density at radius 1 is 1.16 bits per heavy atom. The molecular weight excluding hydrogens is 388 g/mol. The van der Waals surface area contributed by atoms with Gasteiger partial charge in [0.15, 0.2) is 5.78 Å². The van der Waals surface area contributed by atoms with Crippen molar-refractivity contribution in [2.75, 3.05) is 61.6 Å². The number of nitrogens with zero attached hydrogens (tertiary/aromatic N) is 3. The van der Waals surface area contributed by atoms with E-state index in [9.17, 15) is 4.79 Å². The molecule has 0 bridgehead atoms. The Morgan fingerprint density at radius 3 is 2.68 bits per heavy atom. The van der Waals surface area contributed by atoms with E-state index in [0.717, 1.165) is 91.4 Å². The van der Waals surface area contributed by atoms with Crippen LogP contribution in [-0.2, 0) is 4.84 Å². The van der Waals surface area contributed by atoms with Crippen molar-refractivity contribution in [3.05, 3.63) is 52.6 Å². The molecule has 1 fully saturated rings. The van der Waals surface area contributed by atoms with E-state index in [1.54, 1.807) is 0 Å². The number of ketones is 1. The molecule has 0 saturated carbocycles. The average molecular weight is 421 g/mol. The second-order valence-electron chi connectivity index (χ2n) is 8.82. The number of nitrogens with one attached hydrogen (secondary N) is 1. The Balaban J connectivity index is 1.69. The van der Waals surface area contributed by atoms with Gasteiger partial charge in [0.1, 0.15) is 6.10 Å². The van der Waals surface area contributed by atoms with Gasteiger partial charge in [-0.05, 0) is 32.0 Å². The standard InChI is InChI=1S/C25H32N4O2/c1-4-6-11-28(5-2)19-16-20(29-14-12-27(3)13-15-29)23-22-21(19)24(30)17-9-7-8-10-18(17)25(22)31-26-23/h7-10,16,25-26H,4-6,11-15H2,1-3H3. The van der Waals surface area contributed by atoms with Crippen molar-refractivity contribution in [3.8, 4) is 0 Å². The fraction of sp³-hybridized carbons (Fsp3) is 0.480. The number of unbranched alkanes of at least 4 members (excludes halogenated alkanes) is 1. The van der Waals surface area contributed by atoms with Gasteiger partial charge in [-0.3, -0.25) is 15.1 Å². The maximum Gasteiger partial charge on any atom is 0.195 e. The van der Waals surface area contributed by atoms with Crippen LogP contribution in [0, 0.1) is 0 Å². The topological polar surface area (TPSA) is 48.0 Å². The zero-order valence-corrected chi connectivity index (χ0v) is 18.8. The number of carbonyl (C=O) groups excluding carboxylic acids is 1. The molecule has 0 aromatic heterocycles. The third-order valence-corrected chi connectivity index (χ3v) is 6.93. The van der Waals surface area contributed by atoms with Crippen LogP contribution in [0.3, 0.4) is 0 Å². The van der Waals surface area contributed by atoms with Crippen LogP contribution in [0.5, 0.6) is 0 Å². The molecule has 6 nitrogen and oxygen atoms in total. The highest BCUT2D eigenvalue weighted by Gasteiger charge is 2.42. The molecule has 1 N–H and O–H groups in total. The summed E-state index contributed by atoms with van der Waals surface area (Å²) in [5.41, 5.74) is 9.97. The second-order valence-corrected chi connectivity index (χ2v) is 8.82. The molecule has 164 valence electrons. The highest BCUT2D eigenvalue weighted by atomic mass is 16.7. The van der Waals surface area contributed by atoms with Gasteiger partial charge in [-0.2, -0.15) is 0 Å². The lowest BCUT2D eigenvalue weighted by Crippen LogP contribution is -2.44. The molecule has 1 saturated heterocycles. The number of piperazine rings is 1. The van der Waals surface area contributed by atoms with Crippen molar-refractivity contribution in [3.63, 3.8) is 0 Å². The maximum absolute atomic E-state index is 13.7. The number of likely N-dealkylation sites (N-methyl/N-ethyl adjacent to an activating group) is 1. The van der Waals surface area contributed by atoms with E-state index < -0.39 is 0 Å². The van der Waals surface area contributed by atoms with Crippen molar-refractivity contribution in [1.29, 1.82) is 0 Å². The zero-order chi connectivity index (χ0) is 21.5. The van der Waals surface area contributed by atoms with Crippen LogP contribution in [-0.4, -0.2) is 57.0 Å². The summed E-state index contributed by atoms with van der Waals surface area (Å²) in [6, 6.07) is 10.1. The van der Waals surface area contributed by atoms with Crippen molar-refractivity contribution in [2.24, 2.45) is 0 Å². The first-order chi connectivity index (χ1) is 15.1. The summed E-state index contributed by atoms with van der Waals surface area (Å²) in [5, 5.41) is 0. The van der Waals surface area contributed by atoms with Gasteiger partial charge in [0.25, 0.3) is 0 Å². The van der Waals surface area contributed by atoms with E-state index in [1.807, 2.05) is 24.3 Å². The lowest BCUT2D eigenvalue weighted by Gasteiger charge is -2.37. The smallest absolute Gasteiger partial charge is 0.195 e. The van der Waals surface area contributed by atoms with Crippen molar-refractivity contribution in [1.82, 2.24) is 4.90 Å². The molecule has 5 rings (SSSR count). The first-order valence-corrected chi connectivity index (χ1v) is 11.6. The summed E-state index contributed by atoms with van der Waals surface area (Å²) in [4.78, 5) is 27.1. The summed E-state index contributed by atoms with van der Waals surface area (Å²) in [7, 11) is 2.17. The molecule has 2 aromatic rings. The summed E-state index contributed by atoms with van der Waals surface area (Å²) in [6.45, 7) is 10.2. The maximum atomic E-state index is 13.7. The number of anilines is 3. The van der Waals surface area contributed by atoms with Gasteiger partial charge < -0.3 is 14.7 Å². The molecule has 31 heavy (non-hydrogen) atoms. The van der Waals surface area contributed by atoms with Gasteiger partial charge in [-0.15, -0.1) is 0 Å². The van der Waals surface area contributed by atoms with E-state index in [4.69, 9.17) is 4.84 Å². The third kappa shape index (κ3) is 3.29. The number of hydrogen-bond acceptors (Lipinski definition) is 6. The predicted octanol–water partition coefficient (Wildman–Crippen LogP) is 4.06. The largest absolute Gasteiger partial charge is 0.371 e. The molecule has 2 heterocycles. The average Bonchev–Trinajstić information content (AvgIpc) is 3.24. The van der Waals surface area contributed by atoms with Crippen LogP contribution in [0.25, 0.3) is 0 Å². The van der Waals surface area contributed by atoms with Gasteiger partial charge >= 0.3 is 0 Å². The Morgan fingerprint density at radius 2 is 1.94 bits per heavy atom. The van der Waals surface area contributed by atoms with Gasteiger partial charge in [0.05, 0.1) is 22.6 Å². The first-order valence-electron chi connectivity index (χ1n) is 11.6. The van der Waals surface area contributed by atoms with Gasteiger partial charge in [-0.1, -0.05) is 37.6 Å². The molecule has 1 unspecified atom stereocenters. The minimum Gasteiger partial charge on any atom is -0.371 e. The molecule has 0 amide bonds. The van der Waals surface area contributed by atoms with Crippen LogP contribution in [0.2, 0.25) is 0 Å². The number of rotatable bonds is 6. The fourth-order valence-corrected chi connectivity index (χ4v) is 5.09. The number of carbonyl (C=O) groups is 1. The van der Waals surface area contributed by atoms with E-state index in [1.165, 1.54) is 0 Å². The summed E-state index contributed by atoms with van der Waals surface area (Å²) in [6.07, 6.45) is 2.00. The zero-order valence-electron chi connectivity index (χ0n) is 18.8. The molecule has 3 aliphatic rings. The van der Waals surface area contributed by atoms with Gasteiger partial charge in [-0.25, -0.2) is 0 Å². The third-order valence-electron chi connectivity index (χ3n) is 6.93. The van der Waals surface area contributed by atoms with E-state index in [0.29, 0.717) is 0 Å². The van der Waals surface area contributed by atoms with Crippen LogP contribution in [0.15, 0.2) is 30.3 Å². The lowest BCUT2D eigenvalue weighted by molar-refractivity contribution is 0.101. The van der Waals surface area contributed by atoms with Crippen molar-refractivity contribution < 1.29 is 9.63 Å². The fourth-order valence-electron chi connectivity index (χ4n) is 5.09. The molecule has 6 heteroatoms. The lowest BCUT2D eigenvalue weighted by atomic mass is 9.81. The monoisotopic (exact) mass is 420 g/mol. The van der Waals surface area contributed by atoms with Gasteiger partial charge in [0, 0.05) is 50.4 Å². The normalized spacial score (nSPS) is 19.8. The minimum atomic E-state index is -0.241. The summed E-state index contributed by atoms with van der Waals surface area (Å²) < 4.78 is 0. The quantitative estimate of drug-likeness (QED) is 0.761. The molecule has 1 aliphatic carbocycles. The van der Waals surface area contributed by atoms with Crippen LogP contribution in [0.4, 0.5) is 17.1 Å². The highest BCUT2D eigenvalue weighted by molar-refractivity contribution is 6.18. The molecule has 2 aliphatic heterocycles. The Bertz CT molecular complexity index is 997. The number of fused-ring (bicyclic) bond motifs is 2. The predicted molar refractivity (Wildman–Crippen MR) is 125 cm³/mol. The van der Waals surface area contributed by atoms with E-state index in [-0.39, 0.29) is 11.9 Å². The van der Waals surface area contributed by atoms with Crippen molar-refractivity contribution in [2.45, 2.75) is 32.8 Å². The second kappa shape index (κ2) is 8.17. The summed E-state index contributed by atoms with van der Waals surface area (Å²) in [5.74, 6) is 0.116. The Labute approximate surface area is 184 Å². The number of hydrogen-bond donors (Lipinski definition) is 1. The molecule has 0 spiro atoms. The molecule has 1 atom stereocenters. The molecule has 2 aromatic carbocycles. The highest BCUT2D eigenvalue weighted by Crippen LogP contribution is 2.52. The van der Waals surface area contributed by atoms with E-state index >= 15 is 0 Å².